The van der Waals surface area contributed by atoms with Crippen LogP contribution in [0.15, 0.2) is 71.4 Å². The molecule has 2 rings (SSSR count). The smallest absolute Gasteiger partial charge is 0.268 e. The molecule has 0 aliphatic rings. The van der Waals surface area contributed by atoms with Gasteiger partial charge >= 0.3 is 0 Å². The van der Waals surface area contributed by atoms with E-state index in [4.69, 9.17) is 4.74 Å². The van der Waals surface area contributed by atoms with Crippen molar-refractivity contribution in [2.45, 2.75) is 0 Å². The summed E-state index contributed by atoms with van der Waals surface area (Å²) < 4.78 is 5.77. The molecule has 5 nitrogen and oxygen atoms in total. The molecule has 2 amide bonds. The third-order valence-electron chi connectivity index (χ3n) is 3.45. The minimum atomic E-state index is -0.402. The van der Waals surface area contributed by atoms with Gasteiger partial charge in [0.25, 0.3) is 11.8 Å². The van der Waals surface area contributed by atoms with Crippen LogP contribution in [0.3, 0.4) is 0 Å². The van der Waals surface area contributed by atoms with Crippen LogP contribution >= 0.6 is 15.9 Å². The molecule has 0 bridgehead atoms. The average Bonchev–Trinajstić information content (AvgIpc) is 2.66. The number of amides is 2. The summed E-state index contributed by atoms with van der Waals surface area (Å²) in [6.45, 7) is 3.87. The maximum atomic E-state index is 12.5. The molecule has 2 aromatic carbocycles. The van der Waals surface area contributed by atoms with Crippen molar-refractivity contribution in [1.29, 1.82) is 0 Å². The largest absolute Gasteiger partial charge is 0.497 e. The molecule has 2 N–H and O–H groups in total. The Labute approximate surface area is 160 Å². The van der Waals surface area contributed by atoms with Crippen LogP contribution in [0, 0.1) is 0 Å². The fourth-order valence-corrected chi connectivity index (χ4v) is 2.59. The Balaban J connectivity index is 2.29. The second-order valence-electron chi connectivity index (χ2n) is 5.26. The third-order valence-corrected chi connectivity index (χ3v) is 4.14. The maximum absolute atomic E-state index is 12.5. The van der Waals surface area contributed by atoms with Crippen molar-refractivity contribution in [2.24, 2.45) is 0 Å². The highest BCUT2D eigenvalue weighted by Gasteiger charge is 2.15. The quantitative estimate of drug-likeness (QED) is 0.537. The van der Waals surface area contributed by atoms with E-state index in [0.717, 1.165) is 5.56 Å². The highest BCUT2D eigenvalue weighted by molar-refractivity contribution is 9.10. The summed E-state index contributed by atoms with van der Waals surface area (Å²) >= 11 is 3.34. The number of ether oxygens (including phenoxy) is 1. The van der Waals surface area contributed by atoms with Crippen molar-refractivity contribution >= 4 is 33.8 Å². The lowest BCUT2D eigenvalue weighted by Gasteiger charge is -2.11. The van der Waals surface area contributed by atoms with Gasteiger partial charge in [0.1, 0.15) is 11.4 Å². The maximum Gasteiger partial charge on any atom is 0.268 e. The van der Waals surface area contributed by atoms with E-state index in [1.54, 1.807) is 61.7 Å². The van der Waals surface area contributed by atoms with Crippen LogP contribution in [-0.2, 0) is 4.79 Å². The van der Waals surface area contributed by atoms with E-state index >= 15 is 0 Å². The zero-order valence-electron chi connectivity index (χ0n) is 14.3. The van der Waals surface area contributed by atoms with Crippen molar-refractivity contribution < 1.29 is 14.3 Å². The highest BCUT2D eigenvalue weighted by Crippen LogP contribution is 2.17. The Hall–Kier alpha value is -2.86. The van der Waals surface area contributed by atoms with Crippen LogP contribution in [-0.4, -0.2) is 25.5 Å². The summed E-state index contributed by atoms with van der Waals surface area (Å²) in [6, 6.07) is 14.2. The molecule has 0 saturated heterocycles. The van der Waals surface area contributed by atoms with Gasteiger partial charge in [-0.3, -0.25) is 9.59 Å². The van der Waals surface area contributed by atoms with Gasteiger partial charge in [-0.1, -0.05) is 30.3 Å². The molecule has 0 unspecified atom stereocenters. The zero-order chi connectivity index (χ0) is 18.9. The van der Waals surface area contributed by atoms with Gasteiger partial charge in [-0.25, -0.2) is 0 Å². The second-order valence-corrected chi connectivity index (χ2v) is 6.12. The number of benzene rings is 2. The Morgan fingerprint density at radius 2 is 1.85 bits per heavy atom. The first-order valence-electron chi connectivity index (χ1n) is 7.86. The van der Waals surface area contributed by atoms with Crippen molar-refractivity contribution in [1.82, 2.24) is 10.6 Å². The molecule has 0 atom stereocenters. The van der Waals surface area contributed by atoms with Crippen LogP contribution in [0.25, 0.3) is 6.08 Å². The molecular weight excluding hydrogens is 396 g/mol. The van der Waals surface area contributed by atoms with E-state index in [9.17, 15) is 9.59 Å². The number of rotatable bonds is 7. The van der Waals surface area contributed by atoms with Crippen LogP contribution in [0.4, 0.5) is 0 Å². The molecule has 0 radical (unpaired) electrons. The normalized spacial score (nSPS) is 10.8. The number of carbonyl (C=O) groups is 2. The summed E-state index contributed by atoms with van der Waals surface area (Å²) in [5, 5.41) is 5.34. The molecule has 2 aromatic rings. The highest BCUT2D eigenvalue weighted by atomic mass is 79.9. The van der Waals surface area contributed by atoms with Crippen LogP contribution in [0.5, 0.6) is 5.75 Å². The lowest BCUT2D eigenvalue weighted by molar-refractivity contribution is -0.117. The van der Waals surface area contributed by atoms with E-state index in [1.165, 1.54) is 0 Å². The van der Waals surface area contributed by atoms with Gasteiger partial charge in [0.05, 0.1) is 12.7 Å². The first-order valence-corrected chi connectivity index (χ1v) is 8.65. The molecule has 134 valence electrons. The summed E-state index contributed by atoms with van der Waals surface area (Å²) in [6.07, 6.45) is 3.17. The van der Waals surface area contributed by atoms with Gasteiger partial charge in [0.15, 0.2) is 0 Å². The Morgan fingerprint density at radius 1 is 1.15 bits per heavy atom. The van der Waals surface area contributed by atoms with Gasteiger partial charge in [-0.2, -0.15) is 0 Å². The van der Waals surface area contributed by atoms with Gasteiger partial charge in [-0.15, -0.1) is 6.58 Å². The molecule has 0 aliphatic heterocycles. The number of nitrogens with one attached hydrogen (secondary N) is 2. The second kappa shape index (κ2) is 9.58. The van der Waals surface area contributed by atoms with E-state index in [-0.39, 0.29) is 11.6 Å². The minimum absolute atomic E-state index is 0.137. The van der Waals surface area contributed by atoms with Gasteiger partial charge < -0.3 is 15.4 Å². The summed E-state index contributed by atoms with van der Waals surface area (Å²) in [5.41, 5.74) is 1.32. The topological polar surface area (TPSA) is 67.4 Å². The first kappa shape index (κ1) is 19.5. The fourth-order valence-electron chi connectivity index (χ4n) is 2.12. The number of hydrogen-bond acceptors (Lipinski definition) is 3. The molecule has 0 spiro atoms. The predicted molar refractivity (Wildman–Crippen MR) is 106 cm³/mol. The number of hydrogen-bond donors (Lipinski definition) is 2. The standard InChI is InChI=1S/C20H19BrN2O3/c1-3-12-22-20(25)18(13-14-8-10-15(26-2)11-9-14)23-19(24)16-6-4-5-7-17(16)21/h3-11,13H,1,12H2,2H3,(H,22,25)(H,23,24)/b18-13-. The zero-order valence-corrected chi connectivity index (χ0v) is 15.9. The van der Waals surface area contributed by atoms with Crippen LogP contribution in [0.2, 0.25) is 0 Å². The molecule has 0 heterocycles. The third kappa shape index (κ3) is 5.32. The molecule has 6 heteroatoms. The Kier molecular flexibility index (Phi) is 7.17. The number of carbonyl (C=O) groups excluding carboxylic acids is 2. The van der Waals surface area contributed by atoms with E-state index in [0.29, 0.717) is 22.3 Å². The lowest BCUT2D eigenvalue weighted by Crippen LogP contribution is -2.35. The van der Waals surface area contributed by atoms with E-state index in [1.807, 2.05) is 6.07 Å². The van der Waals surface area contributed by atoms with Crippen molar-refractivity contribution in [3.8, 4) is 5.75 Å². The number of halogens is 1. The molecule has 0 fully saturated rings. The van der Waals surface area contributed by atoms with Crippen molar-refractivity contribution in [3.63, 3.8) is 0 Å². The van der Waals surface area contributed by atoms with Gasteiger partial charge in [-0.05, 0) is 51.8 Å². The van der Waals surface area contributed by atoms with Crippen molar-refractivity contribution in [3.05, 3.63) is 82.5 Å². The average molecular weight is 415 g/mol. The fraction of sp³-hybridized carbons (Fsp3) is 0.100. The lowest BCUT2D eigenvalue weighted by atomic mass is 10.1. The Morgan fingerprint density at radius 3 is 2.46 bits per heavy atom. The molecule has 0 aromatic heterocycles. The van der Waals surface area contributed by atoms with Crippen LogP contribution < -0.4 is 15.4 Å². The molecule has 26 heavy (non-hydrogen) atoms. The minimum Gasteiger partial charge on any atom is -0.497 e. The summed E-state index contributed by atoms with van der Waals surface area (Å²) in [4.78, 5) is 24.9. The first-order chi connectivity index (χ1) is 12.5. The van der Waals surface area contributed by atoms with Gasteiger partial charge in [0.2, 0.25) is 0 Å². The van der Waals surface area contributed by atoms with E-state index < -0.39 is 5.91 Å². The molecule has 0 aliphatic carbocycles. The van der Waals surface area contributed by atoms with E-state index in [2.05, 4.69) is 33.1 Å². The van der Waals surface area contributed by atoms with Crippen LogP contribution in [0.1, 0.15) is 15.9 Å². The number of methoxy groups -OCH3 is 1. The van der Waals surface area contributed by atoms with Gasteiger partial charge in [0, 0.05) is 11.0 Å². The predicted octanol–water partition coefficient (Wildman–Crippen LogP) is 3.53. The SMILES string of the molecule is C=CCNC(=O)/C(=C/c1ccc(OC)cc1)NC(=O)c1ccccc1Br. The molecule has 0 saturated carbocycles. The molecular formula is C20H19BrN2O3. The summed E-state index contributed by atoms with van der Waals surface area (Å²) in [7, 11) is 1.58. The Bertz CT molecular complexity index is 829. The monoisotopic (exact) mass is 414 g/mol. The van der Waals surface area contributed by atoms with Crippen molar-refractivity contribution in [2.75, 3.05) is 13.7 Å². The summed E-state index contributed by atoms with van der Waals surface area (Å²) in [5.74, 6) is -0.0795.